The zero-order chi connectivity index (χ0) is 21.6. The van der Waals surface area contributed by atoms with Gasteiger partial charge in [-0.1, -0.05) is 18.2 Å². The van der Waals surface area contributed by atoms with Crippen molar-refractivity contribution in [3.63, 3.8) is 0 Å². The molecule has 1 amide bonds. The fourth-order valence-electron chi connectivity index (χ4n) is 4.00. The summed E-state index contributed by atoms with van der Waals surface area (Å²) in [6.45, 7) is 5.13. The number of likely N-dealkylation sites (tertiary alicyclic amines) is 1. The first-order valence-electron chi connectivity index (χ1n) is 10.7. The van der Waals surface area contributed by atoms with E-state index in [1.54, 1.807) is 11.6 Å². The number of carbonyl (C=O) groups is 2. The topological polar surface area (TPSA) is 94.9 Å². The lowest BCUT2D eigenvalue weighted by Gasteiger charge is -2.33. The van der Waals surface area contributed by atoms with Crippen LogP contribution in [-0.4, -0.2) is 72.3 Å². The number of esters is 1. The minimum Gasteiger partial charge on any atom is -0.462 e. The maximum absolute atomic E-state index is 12.8. The van der Waals surface area contributed by atoms with Gasteiger partial charge in [-0.05, 0) is 45.0 Å². The fraction of sp³-hybridized carbons (Fsp3) is 0.500. The summed E-state index contributed by atoms with van der Waals surface area (Å²) < 4.78 is 17.9. The van der Waals surface area contributed by atoms with E-state index in [1.807, 2.05) is 30.3 Å². The number of hydrogen-bond acceptors (Lipinski definition) is 7. The van der Waals surface area contributed by atoms with E-state index in [4.69, 9.17) is 14.2 Å². The number of carbonyl (C=O) groups excluding carboxylic acids is 2. The van der Waals surface area contributed by atoms with Crippen LogP contribution in [0.3, 0.4) is 0 Å². The van der Waals surface area contributed by atoms with E-state index in [-0.39, 0.29) is 30.9 Å². The van der Waals surface area contributed by atoms with Gasteiger partial charge in [-0.3, -0.25) is 9.69 Å². The molecule has 2 aliphatic rings. The van der Waals surface area contributed by atoms with Gasteiger partial charge in [0.2, 0.25) is 5.91 Å². The first-order valence-corrected chi connectivity index (χ1v) is 10.7. The standard InChI is InChI=1S/C22H28N4O5/c1-2-29-21(28)18-14-23-26(17-6-4-3-5-7-17)20(18)24-19(27)15-25-10-8-16(9-11-25)22-30-12-13-31-22/h3-7,14,16,22H,2,8-13,15H2,1H3,(H,24,27). The molecule has 0 spiro atoms. The smallest absolute Gasteiger partial charge is 0.343 e. The highest BCUT2D eigenvalue weighted by molar-refractivity contribution is 6.01. The Labute approximate surface area is 181 Å². The summed E-state index contributed by atoms with van der Waals surface area (Å²) >= 11 is 0. The monoisotopic (exact) mass is 428 g/mol. The van der Waals surface area contributed by atoms with Crippen molar-refractivity contribution in [2.24, 2.45) is 5.92 Å². The van der Waals surface area contributed by atoms with E-state index in [9.17, 15) is 9.59 Å². The molecule has 1 N–H and O–H groups in total. The van der Waals surface area contributed by atoms with Crippen molar-refractivity contribution in [3.05, 3.63) is 42.1 Å². The minimum absolute atomic E-state index is 0.108. The van der Waals surface area contributed by atoms with Crippen molar-refractivity contribution in [1.29, 1.82) is 0 Å². The molecule has 1 aromatic heterocycles. The van der Waals surface area contributed by atoms with Gasteiger partial charge in [-0.2, -0.15) is 5.10 Å². The van der Waals surface area contributed by atoms with Crippen LogP contribution in [0.25, 0.3) is 5.69 Å². The van der Waals surface area contributed by atoms with Gasteiger partial charge in [0.25, 0.3) is 0 Å². The number of nitrogens with one attached hydrogen (secondary N) is 1. The molecule has 9 heteroatoms. The number of piperidine rings is 1. The molecule has 0 radical (unpaired) electrons. The van der Waals surface area contributed by atoms with Crippen LogP contribution in [0.4, 0.5) is 5.82 Å². The van der Waals surface area contributed by atoms with Crippen molar-refractivity contribution < 1.29 is 23.8 Å². The number of amides is 1. The van der Waals surface area contributed by atoms with Gasteiger partial charge >= 0.3 is 5.97 Å². The largest absolute Gasteiger partial charge is 0.462 e. The lowest BCUT2D eigenvalue weighted by atomic mass is 9.96. The normalized spacial score (nSPS) is 18.2. The highest BCUT2D eigenvalue weighted by Gasteiger charge is 2.31. The first kappa shape index (κ1) is 21.5. The van der Waals surface area contributed by atoms with Gasteiger partial charge in [0.1, 0.15) is 5.56 Å². The van der Waals surface area contributed by atoms with Crippen molar-refractivity contribution >= 4 is 17.7 Å². The molecule has 2 aliphatic heterocycles. The Morgan fingerprint density at radius 2 is 1.87 bits per heavy atom. The lowest BCUT2D eigenvalue weighted by Crippen LogP contribution is -2.42. The third kappa shape index (κ3) is 5.12. The zero-order valence-corrected chi connectivity index (χ0v) is 17.7. The summed E-state index contributed by atoms with van der Waals surface area (Å²) in [5, 5.41) is 7.18. The van der Waals surface area contributed by atoms with Crippen LogP contribution < -0.4 is 5.32 Å². The molecule has 0 atom stereocenters. The van der Waals surface area contributed by atoms with Gasteiger partial charge in [0, 0.05) is 5.92 Å². The molecular formula is C22H28N4O5. The Balaban J connectivity index is 1.42. The van der Waals surface area contributed by atoms with Gasteiger partial charge in [0.05, 0.1) is 38.2 Å². The average molecular weight is 428 g/mol. The lowest BCUT2D eigenvalue weighted by molar-refractivity contribution is -0.119. The number of aromatic nitrogens is 2. The molecule has 1 aromatic carbocycles. The molecular weight excluding hydrogens is 400 g/mol. The number of nitrogens with zero attached hydrogens (tertiary/aromatic N) is 3. The number of anilines is 1. The third-order valence-corrected chi connectivity index (χ3v) is 5.56. The molecule has 2 aromatic rings. The molecule has 3 heterocycles. The molecule has 2 saturated heterocycles. The predicted molar refractivity (Wildman–Crippen MR) is 113 cm³/mol. The van der Waals surface area contributed by atoms with E-state index in [1.165, 1.54) is 6.20 Å². The Morgan fingerprint density at radius 3 is 2.55 bits per heavy atom. The maximum Gasteiger partial charge on any atom is 0.343 e. The Bertz CT molecular complexity index is 887. The number of benzene rings is 1. The summed E-state index contributed by atoms with van der Waals surface area (Å²) in [5.41, 5.74) is 0.971. The van der Waals surface area contributed by atoms with Crippen LogP contribution in [0.2, 0.25) is 0 Å². The molecule has 2 fully saturated rings. The molecule has 9 nitrogen and oxygen atoms in total. The predicted octanol–water partition coefficient (Wildman–Crippen LogP) is 2.07. The van der Waals surface area contributed by atoms with E-state index in [0.29, 0.717) is 24.9 Å². The van der Waals surface area contributed by atoms with Gasteiger partial charge in [-0.15, -0.1) is 0 Å². The summed E-state index contributed by atoms with van der Waals surface area (Å²) in [6, 6.07) is 9.34. The molecule has 0 aliphatic carbocycles. The molecule has 4 rings (SSSR count). The second-order valence-corrected chi connectivity index (χ2v) is 7.65. The Hall–Kier alpha value is -2.75. The number of para-hydroxylation sites is 1. The molecule has 0 saturated carbocycles. The van der Waals surface area contributed by atoms with Gasteiger partial charge in [-0.25, -0.2) is 9.48 Å². The second kappa shape index (κ2) is 10.0. The summed E-state index contributed by atoms with van der Waals surface area (Å²) in [4.78, 5) is 27.3. The highest BCUT2D eigenvalue weighted by atomic mass is 16.7. The van der Waals surface area contributed by atoms with Crippen LogP contribution in [0.5, 0.6) is 0 Å². The second-order valence-electron chi connectivity index (χ2n) is 7.65. The summed E-state index contributed by atoms with van der Waals surface area (Å²) in [7, 11) is 0. The summed E-state index contributed by atoms with van der Waals surface area (Å²) in [5.74, 6) is -0.0264. The SMILES string of the molecule is CCOC(=O)c1cnn(-c2ccccc2)c1NC(=O)CN1CCC(C2OCCO2)CC1. The highest BCUT2D eigenvalue weighted by Crippen LogP contribution is 2.26. The summed E-state index contributed by atoms with van der Waals surface area (Å²) in [6.07, 6.45) is 3.17. The minimum atomic E-state index is -0.516. The Morgan fingerprint density at radius 1 is 1.16 bits per heavy atom. The van der Waals surface area contributed by atoms with E-state index in [2.05, 4.69) is 15.3 Å². The fourth-order valence-corrected chi connectivity index (χ4v) is 4.00. The van der Waals surface area contributed by atoms with Crippen molar-refractivity contribution in [3.8, 4) is 5.69 Å². The number of rotatable bonds is 7. The van der Waals surface area contributed by atoms with E-state index in [0.717, 1.165) is 31.6 Å². The van der Waals surface area contributed by atoms with Crippen molar-refractivity contribution in [1.82, 2.24) is 14.7 Å². The molecule has 0 unspecified atom stereocenters. The van der Waals surface area contributed by atoms with Crippen molar-refractivity contribution in [2.45, 2.75) is 26.1 Å². The number of hydrogen-bond donors (Lipinski definition) is 1. The van der Waals surface area contributed by atoms with Crippen LogP contribution >= 0.6 is 0 Å². The van der Waals surface area contributed by atoms with Crippen LogP contribution in [0.15, 0.2) is 36.5 Å². The van der Waals surface area contributed by atoms with Crippen LogP contribution in [-0.2, 0) is 19.0 Å². The van der Waals surface area contributed by atoms with E-state index >= 15 is 0 Å². The maximum atomic E-state index is 12.8. The molecule has 31 heavy (non-hydrogen) atoms. The third-order valence-electron chi connectivity index (χ3n) is 5.56. The average Bonchev–Trinajstić information content (AvgIpc) is 3.45. The van der Waals surface area contributed by atoms with Gasteiger partial charge in [0.15, 0.2) is 12.1 Å². The Kier molecular flexibility index (Phi) is 6.96. The first-order chi connectivity index (χ1) is 15.2. The van der Waals surface area contributed by atoms with E-state index < -0.39 is 5.97 Å². The van der Waals surface area contributed by atoms with Crippen LogP contribution in [0, 0.1) is 5.92 Å². The van der Waals surface area contributed by atoms with Crippen LogP contribution in [0.1, 0.15) is 30.1 Å². The zero-order valence-electron chi connectivity index (χ0n) is 17.7. The van der Waals surface area contributed by atoms with Crippen molar-refractivity contribution in [2.75, 3.05) is 44.8 Å². The quantitative estimate of drug-likeness (QED) is 0.675. The molecule has 166 valence electrons. The molecule has 0 bridgehead atoms. The number of ether oxygens (including phenoxy) is 3. The van der Waals surface area contributed by atoms with Gasteiger partial charge < -0.3 is 19.5 Å².